The largest absolute Gasteiger partial charge is 0.497 e. The monoisotopic (exact) mass is 455 g/mol. The van der Waals surface area contributed by atoms with Crippen LogP contribution in [0.15, 0.2) is 29.3 Å². The van der Waals surface area contributed by atoms with Crippen LogP contribution in [0.2, 0.25) is 0 Å². The maximum absolute atomic E-state index is 12.4. The summed E-state index contributed by atoms with van der Waals surface area (Å²) in [5, 5.41) is 2.58. The standard InChI is InChI=1S/C19H25N3O6S2/c1-19(2,3)28-18(24)20-9-16(23)21-17-22(12-6-5-7-13(8-12)27-4)14-10-30(25,26)11-15(14)29-17/h5-8,14-15H,9-11H2,1-4H3,(H,20,24)/t14-,15+/m0/s1. The van der Waals surface area contributed by atoms with E-state index in [9.17, 15) is 18.0 Å². The molecule has 0 bridgehead atoms. The Hall–Kier alpha value is -2.27. The van der Waals surface area contributed by atoms with E-state index in [1.54, 1.807) is 51.0 Å². The first-order valence-electron chi connectivity index (χ1n) is 9.36. The quantitative estimate of drug-likeness (QED) is 0.731. The van der Waals surface area contributed by atoms with Crippen LogP contribution < -0.4 is 15.0 Å². The van der Waals surface area contributed by atoms with Crippen molar-refractivity contribution in [1.82, 2.24) is 5.32 Å². The van der Waals surface area contributed by atoms with E-state index in [-0.39, 0.29) is 29.3 Å². The molecule has 0 spiro atoms. The molecule has 1 N–H and O–H groups in total. The van der Waals surface area contributed by atoms with Crippen molar-refractivity contribution in [2.45, 2.75) is 37.7 Å². The Labute approximate surface area is 180 Å². The number of carbonyl (C=O) groups is 2. The summed E-state index contributed by atoms with van der Waals surface area (Å²) >= 11 is 1.26. The molecule has 9 nitrogen and oxygen atoms in total. The number of alkyl carbamates (subject to hydrolysis) is 1. The predicted molar refractivity (Wildman–Crippen MR) is 116 cm³/mol. The molecule has 0 aliphatic carbocycles. The molecule has 0 saturated carbocycles. The highest BCUT2D eigenvalue weighted by atomic mass is 32.2. The number of aliphatic imine (C=N–C) groups is 1. The molecule has 2 amide bonds. The van der Waals surface area contributed by atoms with E-state index in [1.807, 2.05) is 6.07 Å². The first-order chi connectivity index (χ1) is 14.0. The van der Waals surface area contributed by atoms with Crippen LogP contribution in [-0.4, -0.2) is 67.6 Å². The number of hydrogen-bond acceptors (Lipinski definition) is 7. The molecular weight excluding hydrogens is 430 g/mol. The molecule has 2 saturated heterocycles. The van der Waals surface area contributed by atoms with Gasteiger partial charge in [-0.2, -0.15) is 4.99 Å². The number of hydrogen-bond donors (Lipinski definition) is 1. The summed E-state index contributed by atoms with van der Waals surface area (Å²) in [4.78, 5) is 30.1. The molecule has 1 aromatic rings. The minimum Gasteiger partial charge on any atom is -0.497 e. The predicted octanol–water partition coefficient (Wildman–Crippen LogP) is 1.82. The normalized spacial score (nSPS) is 23.9. The van der Waals surface area contributed by atoms with Crippen molar-refractivity contribution in [2.24, 2.45) is 4.99 Å². The van der Waals surface area contributed by atoms with Gasteiger partial charge in [0.15, 0.2) is 15.0 Å². The molecule has 2 aliphatic heterocycles. The molecule has 164 valence electrons. The van der Waals surface area contributed by atoms with Crippen LogP contribution in [0.4, 0.5) is 10.5 Å². The van der Waals surface area contributed by atoms with Crippen LogP contribution in [0.5, 0.6) is 5.75 Å². The maximum Gasteiger partial charge on any atom is 0.408 e. The number of methoxy groups -OCH3 is 1. The number of nitrogens with one attached hydrogen (secondary N) is 1. The number of fused-ring (bicyclic) bond motifs is 1. The lowest BCUT2D eigenvalue weighted by molar-refractivity contribution is -0.117. The van der Waals surface area contributed by atoms with Crippen molar-refractivity contribution in [1.29, 1.82) is 0 Å². The van der Waals surface area contributed by atoms with E-state index in [2.05, 4.69) is 10.3 Å². The number of amides is 2. The van der Waals surface area contributed by atoms with Gasteiger partial charge in [0, 0.05) is 17.0 Å². The Kier molecular flexibility index (Phi) is 6.32. The Morgan fingerprint density at radius 2 is 2.03 bits per heavy atom. The fourth-order valence-electron chi connectivity index (χ4n) is 3.23. The molecule has 3 rings (SSSR count). The zero-order chi connectivity index (χ0) is 22.1. The number of sulfone groups is 1. The number of carbonyl (C=O) groups excluding carboxylic acids is 2. The second-order valence-corrected chi connectivity index (χ2v) is 11.4. The van der Waals surface area contributed by atoms with Crippen LogP contribution in [0.1, 0.15) is 20.8 Å². The molecule has 2 heterocycles. The number of rotatable bonds is 4. The number of anilines is 1. The third kappa shape index (κ3) is 5.45. The minimum atomic E-state index is -3.16. The highest BCUT2D eigenvalue weighted by Gasteiger charge is 2.49. The van der Waals surface area contributed by atoms with E-state index in [0.29, 0.717) is 16.6 Å². The minimum absolute atomic E-state index is 0.00869. The average molecular weight is 456 g/mol. The molecule has 0 radical (unpaired) electrons. The highest BCUT2D eigenvalue weighted by molar-refractivity contribution is 8.16. The van der Waals surface area contributed by atoms with Crippen LogP contribution in [0, 0.1) is 0 Å². The SMILES string of the molecule is COc1cccc(N2C(=NC(=O)CNC(=O)OC(C)(C)C)S[C@@H]3CS(=O)(=O)C[C@@H]32)c1. The summed E-state index contributed by atoms with van der Waals surface area (Å²) in [6.07, 6.45) is -0.706. The van der Waals surface area contributed by atoms with E-state index >= 15 is 0 Å². The van der Waals surface area contributed by atoms with Crippen LogP contribution in [0.3, 0.4) is 0 Å². The third-order valence-corrected chi connectivity index (χ3v) is 7.61. The van der Waals surface area contributed by atoms with Gasteiger partial charge in [-0.3, -0.25) is 4.79 Å². The summed E-state index contributed by atoms with van der Waals surface area (Å²) in [6, 6.07) is 6.83. The van der Waals surface area contributed by atoms with E-state index in [0.717, 1.165) is 0 Å². The maximum atomic E-state index is 12.4. The highest BCUT2D eigenvalue weighted by Crippen LogP contribution is 2.41. The Bertz CT molecular complexity index is 971. The summed E-state index contributed by atoms with van der Waals surface area (Å²) in [7, 11) is -1.62. The molecule has 0 aromatic heterocycles. The Morgan fingerprint density at radius 1 is 1.30 bits per heavy atom. The summed E-state index contributed by atoms with van der Waals surface area (Å²) < 4.78 is 34.6. The Morgan fingerprint density at radius 3 is 2.70 bits per heavy atom. The smallest absolute Gasteiger partial charge is 0.408 e. The zero-order valence-corrected chi connectivity index (χ0v) is 18.9. The van der Waals surface area contributed by atoms with Crippen molar-refractivity contribution < 1.29 is 27.5 Å². The number of thioether (sulfide) groups is 1. The second kappa shape index (κ2) is 8.46. The van der Waals surface area contributed by atoms with E-state index in [1.165, 1.54) is 11.8 Å². The number of amidine groups is 1. The summed E-state index contributed by atoms with van der Waals surface area (Å²) in [5.74, 6) is 0.0791. The van der Waals surface area contributed by atoms with Gasteiger partial charge in [0.2, 0.25) is 0 Å². The lowest BCUT2D eigenvalue weighted by Crippen LogP contribution is -2.38. The number of nitrogens with zero attached hydrogens (tertiary/aromatic N) is 2. The first kappa shape index (κ1) is 22.4. The van der Waals surface area contributed by atoms with Gasteiger partial charge in [-0.25, -0.2) is 13.2 Å². The van der Waals surface area contributed by atoms with Gasteiger partial charge < -0.3 is 19.7 Å². The van der Waals surface area contributed by atoms with E-state index < -0.39 is 27.4 Å². The van der Waals surface area contributed by atoms with Gasteiger partial charge >= 0.3 is 6.09 Å². The van der Waals surface area contributed by atoms with Crippen molar-refractivity contribution in [3.63, 3.8) is 0 Å². The lowest BCUT2D eigenvalue weighted by Gasteiger charge is -2.24. The number of benzene rings is 1. The molecule has 30 heavy (non-hydrogen) atoms. The van der Waals surface area contributed by atoms with Gasteiger partial charge in [-0.05, 0) is 32.9 Å². The van der Waals surface area contributed by atoms with Gasteiger partial charge in [-0.1, -0.05) is 17.8 Å². The fourth-order valence-corrected chi connectivity index (χ4v) is 7.17. The molecular formula is C19H25N3O6S2. The van der Waals surface area contributed by atoms with Crippen molar-refractivity contribution in [3.05, 3.63) is 24.3 Å². The van der Waals surface area contributed by atoms with Gasteiger partial charge in [0.25, 0.3) is 5.91 Å². The summed E-state index contributed by atoms with van der Waals surface area (Å²) in [6.45, 7) is 4.85. The zero-order valence-electron chi connectivity index (χ0n) is 17.2. The molecule has 1 aromatic carbocycles. The van der Waals surface area contributed by atoms with Crippen LogP contribution in [-0.2, 0) is 19.4 Å². The van der Waals surface area contributed by atoms with Gasteiger partial charge in [-0.15, -0.1) is 0 Å². The Balaban J connectivity index is 1.80. The topological polar surface area (TPSA) is 114 Å². The van der Waals surface area contributed by atoms with Gasteiger partial charge in [0.1, 0.15) is 17.9 Å². The van der Waals surface area contributed by atoms with Crippen LogP contribution in [0.25, 0.3) is 0 Å². The van der Waals surface area contributed by atoms with Crippen molar-refractivity contribution in [2.75, 3.05) is 30.1 Å². The molecule has 2 atom stereocenters. The van der Waals surface area contributed by atoms with Crippen LogP contribution >= 0.6 is 11.8 Å². The second-order valence-electron chi connectivity index (χ2n) is 8.02. The average Bonchev–Trinajstić information content (AvgIpc) is 3.09. The molecule has 11 heteroatoms. The van der Waals surface area contributed by atoms with E-state index in [4.69, 9.17) is 9.47 Å². The molecule has 2 fully saturated rings. The van der Waals surface area contributed by atoms with Crippen molar-refractivity contribution >= 4 is 44.5 Å². The van der Waals surface area contributed by atoms with Crippen molar-refractivity contribution in [3.8, 4) is 5.75 Å². The third-order valence-electron chi connectivity index (χ3n) is 4.40. The molecule has 2 aliphatic rings. The lowest BCUT2D eigenvalue weighted by atomic mass is 10.2. The summed E-state index contributed by atoms with van der Waals surface area (Å²) in [5.41, 5.74) is 0.0185. The molecule has 0 unspecified atom stereocenters. The fraction of sp³-hybridized carbons (Fsp3) is 0.526. The number of ether oxygens (including phenoxy) is 2. The van der Waals surface area contributed by atoms with Gasteiger partial charge in [0.05, 0.1) is 24.7 Å². The first-order valence-corrected chi connectivity index (χ1v) is 12.1.